The maximum Gasteiger partial charge on any atom is 0.359 e. The lowest BCUT2D eigenvalue weighted by atomic mass is 10.4. The molecule has 23 heavy (non-hydrogen) atoms. The zero-order valence-corrected chi connectivity index (χ0v) is 14.1. The summed E-state index contributed by atoms with van der Waals surface area (Å²) in [5, 5.41) is 2.27. The van der Waals surface area contributed by atoms with Crippen molar-refractivity contribution in [2.75, 3.05) is 6.26 Å². The number of ether oxygens (including phenoxy) is 1. The molecule has 3 rings (SSSR count). The van der Waals surface area contributed by atoms with Crippen LogP contribution < -0.4 is 5.56 Å². The van der Waals surface area contributed by atoms with Crippen LogP contribution in [0.15, 0.2) is 33.8 Å². The normalized spacial score (nSPS) is 10.9. The highest BCUT2D eigenvalue weighted by Crippen LogP contribution is 2.17. The van der Waals surface area contributed by atoms with E-state index in [1.807, 2.05) is 0 Å². The number of carbonyl (C=O) groups is 1. The molecule has 0 atom stereocenters. The molecular formula is C13H9ClN4O3S2. The molecule has 0 bridgehead atoms. The van der Waals surface area contributed by atoms with Gasteiger partial charge in [-0.05, 0) is 6.26 Å². The summed E-state index contributed by atoms with van der Waals surface area (Å²) in [6.45, 7) is -0.141. The number of hydrogen-bond acceptors (Lipinski definition) is 8. The first-order valence-electron chi connectivity index (χ1n) is 6.28. The molecule has 3 aromatic heterocycles. The van der Waals surface area contributed by atoms with Crippen molar-refractivity contribution in [3.8, 4) is 0 Å². The van der Waals surface area contributed by atoms with Crippen molar-refractivity contribution < 1.29 is 9.53 Å². The van der Waals surface area contributed by atoms with Crippen LogP contribution in [-0.2, 0) is 11.3 Å². The molecule has 0 N–H and O–H groups in total. The van der Waals surface area contributed by atoms with E-state index in [0.717, 1.165) is 0 Å². The van der Waals surface area contributed by atoms with Gasteiger partial charge in [0.25, 0.3) is 5.56 Å². The van der Waals surface area contributed by atoms with Crippen molar-refractivity contribution in [2.45, 2.75) is 11.8 Å². The van der Waals surface area contributed by atoms with Crippen LogP contribution in [0.2, 0.25) is 5.02 Å². The topological polar surface area (TPSA) is 86.5 Å². The number of fused-ring (bicyclic) bond motifs is 1. The van der Waals surface area contributed by atoms with E-state index in [1.165, 1.54) is 39.8 Å². The lowest BCUT2D eigenvalue weighted by molar-refractivity contribution is 0.0459. The minimum Gasteiger partial charge on any atom is -0.454 e. The Kier molecular flexibility index (Phi) is 4.60. The highest BCUT2D eigenvalue weighted by atomic mass is 35.5. The zero-order chi connectivity index (χ0) is 16.4. The quantitative estimate of drug-likeness (QED) is 0.396. The molecule has 0 spiro atoms. The summed E-state index contributed by atoms with van der Waals surface area (Å²) in [5.74, 6) is -0.694. The van der Waals surface area contributed by atoms with Crippen LogP contribution in [0.5, 0.6) is 0 Å². The molecule has 0 amide bonds. The minimum atomic E-state index is -0.694. The Balaban J connectivity index is 1.79. The fraction of sp³-hybridized carbons (Fsp3) is 0.154. The van der Waals surface area contributed by atoms with Gasteiger partial charge < -0.3 is 4.74 Å². The Morgan fingerprint density at radius 2 is 2.30 bits per heavy atom. The summed E-state index contributed by atoms with van der Waals surface area (Å²) < 4.78 is 6.56. The smallest absolute Gasteiger partial charge is 0.359 e. The molecule has 7 nitrogen and oxygen atoms in total. The second-order valence-corrected chi connectivity index (χ2v) is 6.32. The minimum absolute atomic E-state index is 0.0139. The van der Waals surface area contributed by atoms with Gasteiger partial charge in [-0.3, -0.25) is 9.20 Å². The number of thioether (sulfide) groups is 1. The highest BCUT2D eigenvalue weighted by molar-refractivity contribution is 7.98. The van der Waals surface area contributed by atoms with E-state index in [9.17, 15) is 9.59 Å². The molecule has 10 heteroatoms. The molecule has 0 aliphatic heterocycles. The molecule has 0 saturated carbocycles. The fourth-order valence-corrected chi connectivity index (χ4v) is 3.01. The van der Waals surface area contributed by atoms with Gasteiger partial charge in [0.2, 0.25) is 0 Å². The largest absolute Gasteiger partial charge is 0.454 e. The first-order chi connectivity index (χ1) is 11.1. The summed E-state index contributed by atoms with van der Waals surface area (Å²) in [6.07, 6.45) is 4.76. The summed E-state index contributed by atoms with van der Waals surface area (Å²) in [4.78, 5) is 36.7. The van der Waals surface area contributed by atoms with Crippen molar-refractivity contribution in [3.05, 3.63) is 50.6 Å². The van der Waals surface area contributed by atoms with E-state index in [0.29, 0.717) is 15.8 Å². The van der Waals surface area contributed by atoms with Crippen LogP contribution in [0.1, 0.15) is 16.2 Å². The molecule has 3 heterocycles. The molecule has 3 aromatic rings. The molecule has 0 aliphatic carbocycles. The Hall–Kier alpha value is -1.97. The van der Waals surface area contributed by atoms with Gasteiger partial charge in [0.1, 0.15) is 6.61 Å². The summed E-state index contributed by atoms with van der Waals surface area (Å²) in [5.41, 5.74) is 0.119. The van der Waals surface area contributed by atoms with Crippen LogP contribution in [0.3, 0.4) is 0 Å². The van der Waals surface area contributed by atoms with Crippen molar-refractivity contribution in [3.63, 3.8) is 0 Å². The number of rotatable bonds is 4. The third kappa shape index (κ3) is 3.36. The van der Waals surface area contributed by atoms with E-state index in [4.69, 9.17) is 16.3 Å². The Morgan fingerprint density at radius 3 is 3.09 bits per heavy atom. The monoisotopic (exact) mass is 368 g/mol. The standard InChI is InChI=1S/C13H9ClN4O3S2/c1-22-12-15-5-8(14)10(17-12)11(20)21-6-7-4-9(19)18-2-3-23-13(18)16-7/h2-5H,6H2,1H3. The highest BCUT2D eigenvalue weighted by Gasteiger charge is 2.16. The van der Waals surface area contributed by atoms with Crippen molar-refractivity contribution in [1.82, 2.24) is 19.4 Å². The van der Waals surface area contributed by atoms with Crippen LogP contribution >= 0.6 is 34.7 Å². The van der Waals surface area contributed by atoms with Gasteiger partial charge in [-0.15, -0.1) is 11.3 Å². The molecule has 118 valence electrons. The van der Waals surface area contributed by atoms with Gasteiger partial charge in [0.05, 0.1) is 16.9 Å². The molecule has 0 unspecified atom stereocenters. The molecule has 0 fully saturated rings. The number of thiazole rings is 1. The van der Waals surface area contributed by atoms with Gasteiger partial charge in [0.15, 0.2) is 15.8 Å². The van der Waals surface area contributed by atoms with E-state index in [1.54, 1.807) is 17.8 Å². The maximum atomic E-state index is 12.1. The van der Waals surface area contributed by atoms with Gasteiger partial charge in [-0.2, -0.15) is 0 Å². The predicted octanol–water partition coefficient (Wildman–Crippen LogP) is 2.28. The van der Waals surface area contributed by atoms with Crippen LogP contribution in [-0.4, -0.2) is 31.6 Å². The van der Waals surface area contributed by atoms with E-state index in [2.05, 4.69) is 15.0 Å². The third-order valence-corrected chi connectivity index (χ3v) is 4.40. The lowest BCUT2D eigenvalue weighted by Crippen LogP contribution is -2.15. The predicted molar refractivity (Wildman–Crippen MR) is 87.3 cm³/mol. The van der Waals surface area contributed by atoms with E-state index in [-0.39, 0.29) is 22.9 Å². The van der Waals surface area contributed by atoms with Crippen LogP contribution in [0, 0.1) is 0 Å². The molecule has 0 saturated heterocycles. The number of halogens is 1. The summed E-state index contributed by atoms with van der Waals surface area (Å²) in [7, 11) is 0. The third-order valence-electron chi connectivity index (χ3n) is 2.81. The SMILES string of the molecule is CSc1ncc(Cl)c(C(=O)OCc2cc(=O)n3ccsc3n2)n1. The second kappa shape index (κ2) is 6.65. The number of esters is 1. The molecular weight excluding hydrogens is 360 g/mol. The average molecular weight is 369 g/mol. The fourth-order valence-electron chi connectivity index (χ4n) is 1.76. The van der Waals surface area contributed by atoms with Crippen molar-refractivity contribution in [1.29, 1.82) is 0 Å². The first-order valence-corrected chi connectivity index (χ1v) is 8.76. The first kappa shape index (κ1) is 15.9. The number of carbonyl (C=O) groups excluding carboxylic acids is 1. The Bertz CT molecular complexity index is 940. The Morgan fingerprint density at radius 1 is 1.48 bits per heavy atom. The van der Waals surface area contributed by atoms with Crippen molar-refractivity contribution >= 4 is 45.6 Å². The van der Waals surface area contributed by atoms with Gasteiger partial charge in [-0.1, -0.05) is 23.4 Å². The number of hydrogen-bond donors (Lipinski definition) is 0. The molecule has 0 aliphatic rings. The zero-order valence-electron chi connectivity index (χ0n) is 11.7. The molecule has 0 radical (unpaired) electrons. The van der Waals surface area contributed by atoms with Gasteiger partial charge in [-0.25, -0.2) is 19.7 Å². The number of nitrogens with zero attached hydrogens (tertiary/aromatic N) is 4. The second-order valence-electron chi connectivity index (χ2n) is 4.27. The summed E-state index contributed by atoms with van der Waals surface area (Å²) in [6, 6.07) is 1.32. The Labute approximate surface area is 143 Å². The van der Waals surface area contributed by atoms with Crippen LogP contribution in [0.25, 0.3) is 4.96 Å². The molecule has 0 aromatic carbocycles. The van der Waals surface area contributed by atoms with Crippen LogP contribution in [0.4, 0.5) is 0 Å². The van der Waals surface area contributed by atoms with E-state index >= 15 is 0 Å². The summed E-state index contributed by atoms with van der Waals surface area (Å²) >= 11 is 8.52. The van der Waals surface area contributed by atoms with Gasteiger partial charge in [0, 0.05) is 17.6 Å². The average Bonchev–Trinajstić information content (AvgIpc) is 3.02. The number of aromatic nitrogens is 4. The van der Waals surface area contributed by atoms with E-state index < -0.39 is 5.97 Å². The maximum absolute atomic E-state index is 12.1. The van der Waals surface area contributed by atoms with Crippen molar-refractivity contribution in [2.24, 2.45) is 0 Å². The van der Waals surface area contributed by atoms with Gasteiger partial charge >= 0.3 is 5.97 Å². The lowest BCUT2D eigenvalue weighted by Gasteiger charge is -2.06.